The Balaban J connectivity index is 2.51. The number of hydrogen-bond acceptors (Lipinski definition) is 3. The first-order valence-corrected chi connectivity index (χ1v) is 6.66. The summed E-state index contributed by atoms with van der Waals surface area (Å²) in [6, 6.07) is 3.30. The van der Waals surface area contributed by atoms with Gasteiger partial charge < -0.3 is 5.73 Å². The van der Waals surface area contributed by atoms with Gasteiger partial charge in [0.05, 0.1) is 12.1 Å². The molecule has 1 rings (SSSR count). The van der Waals surface area contributed by atoms with Gasteiger partial charge in [-0.05, 0) is 25.7 Å². The van der Waals surface area contributed by atoms with Crippen molar-refractivity contribution in [3.8, 4) is 0 Å². The zero-order valence-corrected chi connectivity index (χ0v) is 10.7. The molecule has 0 amide bonds. The minimum Gasteiger partial charge on any atom is -0.306 e. The molecule has 0 aromatic carbocycles. The maximum atomic E-state index is 6.13. The Morgan fingerprint density at radius 1 is 1.25 bits per heavy atom. The predicted octanol–water partition coefficient (Wildman–Crippen LogP) is 3.36. The molecule has 2 N–H and O–H groups in total. The summed E-state index contributed by atoms with van der Waals surface area (Å²) in [4.78, 5) is 8.72. The Morgan fingerprint density at radius 3 is 2.50 bits per heavy atom. The van der Waals surface area contributed by atoms with Gasteiger partial charge >= 0.3 is 0 Å². The molecule has 0 aliphatic heterocycles. The van der Waals surface area contributed by atoms with E-state index < -0.39 is 5.66 Å². The molecular formula is C13H25N3. The lowest BCUT2D eigenvalue weighted by molar-refractivity contribution is 0.394. The molecule has 0 bridgehead atoms. The van der Waals surface area contributed by atoms with E-state index in [1.807, 2.05) is 0 Å². The molecule has 1 saturated carbocycles. The molecule has 3 heteroatoms. The van der Waals surface area contributed by atoms with E-state index in [1.165, 1.54) is 32.1 Å². The summed E-state index contributed by atoms with van der Waals surface area (Å²) in [5.41, 5.74) is 5.70. The molecule has 92 valence electrons. The van der Waals surface area contributed by atoms with Crippen LogP contribution in [0.25, 0.3) is 0 Å². The molecule has 0 heterocycles. The Morgan fingerprint density at radius 2 is 1.94 bits per heavy atom. The van der Waals surface area contributed by atoms with Gasteiger partial charge in [0.2, 0.25) is 0 Å². The van der Waals surface area contributed by atoms with Crippen molar-refractivity contribution in [2.45, 2.75) is 76.9 Å². The summed E-state index contributed by atoms with van der Waals surface area (Å²) in [6.07, 6.45) is 9.16. The average Bonchev–Trinajstić information content (AvgIpc) is 2.31. The summed E-state index contributed by atoms with van der Waals surface area (Å²) >= 11 is 0. The molecule has 1 aliphatic rings. The predicted molar refractivity (Wildman–Crippen MR) is 68.9 cm³/mol. The lowest BCUT2D eigenvalue weighted by Gasteiger charge is -2.20. The summed E-state index contributed by atoms with van der Waals surface area (Å²) < 4.78 is 0. The molecule has 1 unspecified atom stereocenters. The van der Waals surface area contributed by atoms with Gasteiger partial charge in [-0.3, -0.25) is 0 Å². The topological polar surface area (TPSA) is 50.7 Å². The van der Waals surface area contributed by atoms with Crippen molar-refractivity contribution in [1.29, 1.82) is 0 Å². The van der Waals surface area contributed by atoms with E-state index in [0.29, 0.717) is 6.04 Å². The highest BCUT2D eigenvalue weighted by molar-refractivity contribution is 5.42. The summed E-state index contributed by atoms with van der Waals surface area (Å²) in [6.45, 7) is 4.20. The zero-order valence-electron chi connectivity index (χ0n) is 10.7. The maximum Gasteiger partial charge on any atom is 0.118 e. The van der Waals surface area contributed by atoms with Crippen molar-refractivity contribution in [2.75, 3.05) is 0 Å². The normalized spacial score (nSPS) is 20.9. The van der Waals surface area contributed by atoms with Crippen molar-refractivity contribution in [2.24, 2.45) is 15.7 Å². The van der Waals surface area contributed by atoms with Crippen LogP contribution in [0.5, 0.6) is 0 Å². The second-order valence-electron chi connectivity index (χ2n) is 4.84. The largest absolute Gasteiger partial charge is 0.306 e. The number of rotatable bonds is 5. The Hall–Kier alpha value is -0.660. The van der Waals surface area contributed by atoms with Gasteiger partial charge in [-0.15, -0.1) is 0 Å². The van der Waals surface area contributed by atoms with E-state index in [0.717, 1.165) is 19.3 Å². The van der Waals surface area contributed by atoms with Gasteiger partial charge in [0.1, 0.15) is 5.66 Å². The Kier molecular flexibility index (Phi) is 5.72. The van der Waals surface area contributed by atoms with Crippen molar-refractivity contribution >= 4 is 6.01 Å². The van der Waals surface area contributed by atoms with Gasteiger partial charge in [0, 0.05) is 0 Å². The second-order valence-corrected chi connectivity index (χ2v) is 4.84. The van der Waals surface area contributed by atoms with Crippen LogP contribution in [0.3, 0.4) is 0 Å². The Labute approximate surface area is 99.2 Å². The van der Waals surface area contributed by atoms with Crippen LogP contribution in [0.1, 0.15) is 65.2 Å². The summed E-state index contributed by atoms with van der Waals surface area (Å²) in [5, 5.41) is 0. The molecule has 0 aromatic rings. The van der Waals surface area contributed by atoms with E-state index >= 15 is 0 Å². The molecule has 1 atom stereocenters. The molecule has 0 radical (unpaired) electrons. The first kappa shape index (κ1) is 13.4. The number of aliphatic imine (C=N–C) groups is 2. The number of nitrogens with two attached hydrogens (primary N) is 1. The third kappa shape index (κ3) is 4.46. The van der Waals surface area contributed by atoms with Crippen LogP contribution in [-0.2, 0) is 0 Å². The second kappa shape index (κ2) is 6.82. The lowest BCUT2D eigenvalue weighted by atomic mass is 9.96. The van der Waals surface area contributed by atoms with E-state index in [2.05, 4.69) is 29.8 Å². The highest BCUT2D eigenvalue weighted by Crippen LogP contribution is 2.20. The van der Waals surface area contributed by atoms with Crippen LogP contribution in [0.4, 0.5) is 0 Å². The zero-order chi connectivity index (χ0) is 11.9. The van der Waals surface area contributed by atoms with Gasteiger partial charge in [-0.25, -0.2) is 9.98 Å². The van der Waals surface area contributed by atoms with Crippen molar-refractivity contribution in [1.82, 2.24) is 0 Å². The van der Waals surface area contributed by atoms with Crippen LogP contribution >= 0.6 is 0 Å². The van der Waals surface area contributed by atoms with Gasteiger partial charge in [-0.2, -0.15) is 0 Å². The fourth-order valence-electron chi connectivity index (χ4n) is 2.16. The first-order chi connectivity index (χ1) is 7.70. The van der Waals surface area contributed by atoms with E-state index in [-0.39, 0.29) is 0 Å². The van der Waals surface area contributed by atoms with Crippen molar-refractivity contribution in [3.05, 3.63) is 0 Å². The number of nitrogens with zero attached hydrogens (tertiary/aromatic N) is 2. The SMILES string of the molecule is CCCC(N)(CC)N=C=NC1CCCCC1. The van der Waals surface area contributed by atoms with Gasteiger partial charge in [0.25, 0.3) is 0 Å². The van der Waals surface area contributed by atoms with E-state index in [1.54, 1.807) is 0 Å². The molecule has 0 spiro atoms. The van der Waals surface area contributed by atoms with Crippen LogP contribution in [-0.4, -0.2) is 17.7 Å². The monoisotopic (exact) mass is 223 g/mol. The van der Waals surface area contributed by atoms with E-state index in [9.17, 15) is 0 Å². The van der Waals surface area contributed by atoms with Crippen molar-refractivity contribution < 1.29 is 0 Å². The van der Waals surface area contributed by atoms with Crippen LogP contribution in [0, 0.1) is 0 Å². The smallest absolute Gasteiger partial charge is 0.118 e. The highest BCUT2D eigenvalue weighted by Gasteiger charge is 2.19. The molecule has 0 saturated heterocycles. The molecule has 1 fully saturated rings. The lowest BCUT2D eigenvalue weighted by Crippen LogP contribution is -2.36. The quantitative estimate of drug-likeness (QED) is 0.714. The fraction of sp³-hybridized carbons (Fsp3) is 0.923. The third-order valence-electron chi connectivity index (χ3n) is 3.38. The minimum absolute atomic E-state index is 0.438. The Bertz CT molecular complexity index is 250. The van der Waals surface area contributed by atoms with Crippen LogP contribution < -0.4 is 5.73 Å². The molecular weight excluding hydrogens is 198 g/mol. The van der Waals surface area contributed by atoms with E-state index in [4.69, 9.17) is 5.73 Å². The van der Waals surface area contributed by atoms with Gasteiger partial charge in [0.15, 0.2) is 0 Å². The average molecular weight is 223 g/mol. The highest BCUT2D eigenvalue weighted by atomic mass is 15.0. The molecule has 3 nitrogen and oxygen atoms in total. The molecule has 16 heavy (non-hydrogen) atoms. The summed E-state index contributed by atoms with van der Waals surface area (Å²) in [5.74, 6) is 0. The first-order valence-electron chi connectivity index (χ1n) is 6.66. The standard InChI is InChI=1S/C13H25N3/c1-3-10-13(14,4-2)16-11-15-12-8-6-5-7-9-12/h12H,3-10,14H2,1-2H3. The van der Waals surface area contributed by atoms with Crippen molar-refractivity contribution in [3.63, 3.8) is 0 Å². The fourth-order valence-corrected chi connectivity index (χ4v) is 2.16. The molecule has 0 aromatic heterocycles. The third-order valence-corrected chi connectivity index (χ3v) is 3.38. The van der Waals surface area contributed by atoms with Gasteiger partial charge in [-0.1, -0.05) is 39.5 Å². The minimum atomic E-state index is -0.438. The molecule has 1 aliphatic carbocycles. The maximum absolute atomic E-state index is 6.13. The summed E-state index contributed by atoms with van der Waals surface area (Å²) in [7, 11) is 0. The van der Waals surface area contributed by atoms with Crippen LogP contribution in [0.2, 0.25) is 0 Å². The van der Waals surface area contributed by atoms with Crippen LogP contribution in [0.15, 0.2) is 9.98 Å². The number of hydrogen-bond donors (Lipinski definition) is 1.